The maximum Gasteiger partial charge on any atom is 0.245 e. The third-order valence-corrected chi connectivity index (χ3v) is 8.75. The molecular weight excluding hydrogens is 461 g/mol. The first-order valence-corrected chi connectivity index (χ1v) is 13.1. The summed E-state index contributed by atoms with van der Waals surface area (Å²) in [5, 5.41) is 0. The molecule has 184 valence electrons. The first-order valence-electron chi connectivity index (χ1n) is 11.7. The van der Waals surface area contributed by atoms with Crippen LogP contribution in [0.3, 0.4) is 0 Å². The molecule has 0 aromatic heterocycles. The predicted octanol–water partition coefficient (Wildman–Crippen LogP) is 2.02. The fraction of sp³-hybridized carbons (Fsp3) is 0.542. The zero-order valence-corrected chi connectivity index (χ0v) is 20.2. The molecule has 3 amide bonds. The van der Waals surface area contributed by atoms with Crippen molar-refractivity contribution in [3.63, 3.8) is 0 Å². The Kier molecular flexibility index (Phi) is 6.91. The number of imide groups is 1. The largest absolute Gasteiger partial charge is 0.338 e. The number of allylic oxidation sites excluding steroid dienone is 2. The molecule has 10 heteroatoms. The average molecular weight is 492 g/mol. The highest BCUT2D eigenvalue weighted by molar-refractivity contribution is 7.89. The van der Waals surface area contributed by atoms with Gasteiger partial charge in [0.05, 0.1) is 16.7 Å². The van der Waals surface area contributed by atoms with E-state index >= 15 is 0 Å². The lowest BCUT2D eigenvalue weighted by atomic mass is 9.85. The van der Waals surface area contributed by atoms with E-state index < -0.39 is 33.7 Å². The number of piperazine rings is 1. The van der Waals surface area contributed by atoms with Crippen LogP contribution in [-0.4, -0.2) is 72.5 Å². The number of rotatable bonds is 6. The molecule has 8 nitrogen and oxygen atoms in total. The number of hydrogen-bond acceptors (Lipinski definition) is 5. The molecule has 0 saturated carbocycles. The highest BCUT2D eigenvalue weighted by atomic mass is 32.2. The van der Waals surface area contributed by atoms with Gasteiger partial charge >= 0.3 is 0 Å². The monoisotopic (exact) mass is 491 g/mol. The first kappa shape index (κ1) is 24.5. The molecule has 34 heavy (non-hydrogen) atoms. The van der Waals surface area contributed by atoms with Gasteiger partial charge in [0.2, 0.25) is 27.7 Å². The molecular formula is C24H30FN3O5S. The summed E-state index contributed by atoms with van der Waals surface area (Å²) < 4.78 is 40.2. The van der Waals surface area contributed by atoms with E-state index in [1.807, 2.05) is 26.0 Å². The topological polar surface area (TPSA) is 95.1 Å². The van der Waals surface area contributed by atoms with Gasteiger partial charge in [-0.15, -0.1) is 0 Å². The Morgan fingerprint density at radius 3 is 2.00 bits per heavy atom. The minimum Gasteiger partial charge on any atom is -0.338 e. The highest BCUT2D eigenvalue weighted by Crippen LogP contribution is 2.37. The first-order chi connectivity index (χ1) is 16.1. The van der Waals surface area contributed by atoms with Gasteiger partial charge in [-0.05, 0) is 49.4 Å². The minimum absolute atomic E-state index is 0.00386. The van der Waals surface area contributed by atoms with Crippen LogP contribution in [0.4, 0.5) is 4.39 Å². The van der Waals surface area contributed by atoms with E-state index in [1.54, 1.807) is 4.90 Å². The molecule has 3 atom stereocenters. The smallest absolute Gasteiger partial charge is 0.245 e. The Labute approximate surface area is 199 Å². The van der Waals surface area contributed by atoms with Crippen molar-refractivity contribution in [3.8, 4) is 0 Å². The molecule has 1 aromatic rings. The van der Waals surface area contributed by atoms with Crippen molar-refractivity contribution in [1.29, 1.82) is 0 Å². The average Bonchev–Trinajstić information content (AvgIpc) is 3.07. The van der Waals surface area contributed by atoms with Gasteiger partial charge in [0.25, 0.3) is 0 Å². The summed E-state index contributed by atoms with van der Waals surface area (Å²) in [6.07, 6.45) is 5.20. The summed E-state index contributed by atoms with van der Waals surface area (Å²) in [6.45, 7) is 4.34. The second-order valence-electron chi connectivity index (χ2n) is 9.53. The zero-order valence-electron chi connectivity index (χ0n) is 19.4. The Hall–Kier alpha value is -2.59. The van der Waals surface area contributed by atoms with E-state index in [4.69, 9.17) is 0 Å². The Morgan fingerprint density at radius 2 is 1.50 bits per heavy atom. The molecule has 2 aliphatic heterocycles. The minimum atomic E-state index is -3.81. The lowest BCUT2D eigenvalue weighted by molar-refractivity contribution is -0.152. The normalized spacial score (nSPS) is 24.6. The number of sulfonamides is 1. The van der Waals surface area contributed by atoms with Gasteiger partial charge in [0.1, 0.15) is 11.9 Å². The van der Waals surface area contributed by atoms with Crippen molar-refractivity contribution in [3.05, 3.63) is 42.2 Å². The summed E-state index contributed by atoms with van der Waals surface area (Å²) in [7, 11) is -3.81. The maximum absolute atomic E-state index is 13.5. The fourth-order valence-corrected chi connectivity index (χ4v) is 6.43. The van der Waals surface area contributed by atoms with Crippen LogP contribution in [0.5, 0.6) is 0 Å². The van der Waals surface area contributed by atoms with Crippen molar-refractivity contribution in [2.24, 2.45) is 17.8 Å². The third-order valence-electron chi connectivity index (χ3n) is 6.83. The quantitative estimate of drug-likeness (QED) is 0.448. The summed E-state index contributed by atoms with van der Waals surface area (Å²) in [5.41, 5.74) is 0. The molecule has 2 heterocycles. The number of fused-ring (bicyclic) bond motifs is 1. The van der Waals surface area contributed by atoms with Crippen LogP contribution < -0.4 is 0 Å². The fourth-order valence-electron chi connectivity index (χ4n) is 5.01. The van der Waals surface area contributed by atoms with Crippen LogP contribution in [-0.2, 0) is 24.4 Å². The van der Waals surface area contributed by atoms with Crippen LogP contribution in [0.1, 0.15) is 33.1 Å². The molecule has 0 N–H and O–H groups in total. The van der Waals surface area contributed by atoms with E-state index in [-0.39, 0.29) is 54.7 Å². The van der Waals surface area contributed by atoms with Crippen LogP contribution in [0.25, 0.3) is 0 Å². The van der Waals surface area contributed by atoms with Crippen molar-refractivity contribution in [1.82, 2.24) is 14.1 Å². The van der Waals surface area contributed by atoms with Gasteiger partial charge in [-0.2, -0.15) is 4.31 Å². The second kappa shape index (κ2) is 9.58. The van der Waals surface area contributed by atoms with Gasteiger partial charge in [-0.25, -0.2) is 12.8 Å². The van der Waals surface area contributed by atoms with Crippen LogP contribution >= 0.6 is 0 Å². The Bertz CT molecular complexity index is 1070. The molecule has 0 radical (unpaired) electrons. The summed E-state index contributed by atoms with van der Waals surface area (Å²) in [4.78, 5) is 42.5. The van der Waals surface area contributed by atoms with Crippen LogP contribution in [0.2, 0.25) is 0 Å². The van der Waals surface area contributed by atoms with Crippen LogP contribution in [0.15, 0.2) is 41.3 Å². The molecule has 2 fully saturated rings. The van der Waals surface area contributed by atoms with Gasteiger partial charge < -0.3 is 4.90 Å². The molecule has 3 aliphatic rings. The number of amides is 3. The number of nitrogens with zero attached hydrogens (tertiary/aromatic N) is 3. The molecule has 1 aromatic carbocycles. The van der Waals surface area contributed by atoms with Crippen molar-refractivity contribution in [2.45, 2.75) is 44.0 Å². The van der Waals surface area contributed by atoms with E-state index in [9.17, 15) is 27.2 Å². The summed E-state index contributed by atoms with van der Waals surface area (Å²) in [5.74, 6) is -2.13. The Morgan fingerprint density at radius 1 is 0.971 bits per heavy atom. The van der Waals surface area contributed by atoms with E-state index in [1.165, 1.54) is 21.3 Å². The number of halogens is 1. The molecule has 0 bridgehead atoms. The summed E-state index contributed by atoms with van der Waals surface area (Å²) in [6, 6.07) is 3.76. The lowest BCUT2D eigenvalue weighted by Gasteiger charge is -2.37. The standard InChI is InChI=1S/C24H30FN3O5S/c1-16(2)15-21(28-22(29)19-5-3-4-6-20(19)23(28)30)24(31)26-11-13-27(14-12-26)34(32,33)18-9-7-17(25)8-10-18/h3-4,7-10,16,19-21H,5-6,11-15H2,1-2H3. The highest BCUT2D eigenvalue weighted by Gasteiger charge is 2.52. The molecule has 2 saturated heterocycles. The number of likely N-dealkylation sites (tertiary alicyclic amines) is 1. The van der Waals surface area contributed by atoms with Crippen LogP contribution in [0, 0.1) is 23.6 Å². The van der Waals surface area contributed by atoms with Gasteiger partial charge in [-0.1, -0.05) is 26.0 Å². The summed E-state index contributed by atoms with van der Waals surface area (Å²) >= 11 is 0. The maximum atomic E-state index is 13.5. The van der Waals surface area contributed by atoms with Crippen molar-refractivity contribution >= 4 is 27.7 Å². The number of carbonyl (C=O) groups is 3. The molecule has 4 rings (SSSR count). The predicted molar refractivity (Wildman–Crippen MR) is 122 cm³/mol. The van der Waals surface area contributed by atoms with Gasteiger partial charge in [-0.3, -0.25) is 19.3 Å². The van der Waals surface area contributed by atoms with E-state index in [0.29, 0.717) is 19.3 Å². The second-order valence-corrected chi connectivity index (χ2v) is 11.5. The number of hydrogen-bond donors (Lipinski definition) is 0. The van der Waals surface area contributed by atoms with Gasteiger partial charge in [0, 0.05) is 26.2 Å². The van der Waals surface area contributed by atoms with E-state index in [2.05, 4.69) is 0 Å². The molecule has 3 unspecified atom stereocenters. The van der Waals surface area contributed by atoms with Gasteiger partial charge in [0.15, 0.2) is 0 Å². The molecule has 0 spiro atoms. The molecule has 1 aliphatic carbocycles. The Balaban J connectivity index is 1.48. The lowest BCUT2D eigenvalue weighted by Crippen LogP contribution is -2.57. The number of benzene rings is 1. The van der Waals surface area contributed by atoms with E-state index in [0.717, 1.165) is 12.1 Å². The zero-order chi connectivity index (χ0) is 24.6. The van der Waals surface area contributed by atoms with Crippen molar-refractivity contribution in [2.75, 3.05) is 26.2 Å². The number of carbonyl (C=O) groups excluding carboxylic acids is 3. The third kappa shape index (κ3) is 4.53. The van der Waals surface area contributed by atoms with Crippen molar-refractivity contribution < 1.29 is 27.2 Å². The SMILES string of the molecule is CC(C)CC(C(=O)N1CCN(S(=O)(=O)c2ccc(F)cc2)CC1)N1C(=O)C2CC=CCC2C1=O.